The van der Waals surface area contributed by atoms with Crippen molar-refractivity contribution in [3.05, 3.63) is 328 Å². The van der Waals surface area contributed by atoms with Crippen LogP contribution in [0.3, 0.4) is 0 Å². The molecule has 10 aromatic heterocycles. The van der Waals surface area contributed by atoms with E-state index in [1.54, 1.807) is 12.4 Å². The molecular formula is C88H54N10. The summed E-state index contributed by atoms with van der Waals surface area (Å²) in [6.07, 6.45) is 5.41. The molecule has 0 aliphatic rings. The summed E-state index contributed by atoms with van der Waals surface area (Å²) in [7, 11) is 0. The maximum atomic E-state index is 5.25. The predicted octanol–water partition coefficient (Wildman–Crippen LogP) is 21.6. The van der Waals surface area contributed by atoms with Crippen LogP contribution in [0.5, 0.6) is 0 Å². The smallest absolute Gasteiger partial charge is 0.0979 e. The zero-order valence-electron chi connectivity index (χ0n) is 52.6. The molecule has 0 saturated carbocycles. The minimum Gasteiger partial charge on any atom is -0.255 e. The van der Waals surface area contributed by atoms with Crippen molar-refractivity contribution in [2.45, 2.75) is 0 Å². The number of rotatable bonds is 9. The Morgan fingerprint density at radius 3 is 1.06 bits per heavy atom. The average Bonchev–Trinajstić information content (AvgIpc) is 0.753. The summed E-state index contributed by atoms with van der Waals surface area (Å²) in [5, 5.41) is 8.56. The van der Waals surface area contributed by atoms with Crippen molar-refractivity contribution in [3.8, 4) is 101 Å². The van der Waals surface area contributed by atoms with Gasteiger partial charge in [-0.25, -0.2) is 34.9 Å². The van der Waals surface area contributed by atoms with E-state index in [1.165, 1.54) is 0 Å². The van der Waals surface area contributed by atoms with E-state index in [-0.39, 0.29) is 0 Å². The highest BCUT2D eigenvalue weighted by molar-refractivity contribution is 6.11. The van der Waals surface area contributed by atoms with Crippen LogP contribution in [-0.2, 0) is 0 Å². The third kappa shape index (κ3) is 11.0. The number of nitrogens with zero attached hydrogens (tertiary/aromatic N) is 10. The van der Waals surface area contributed by atoms with Gasteiger partial charge < -0.3 is 0 Å². The SMILES string of the molecule is c1ccc(-c2ccc3cc(-c4ccc5cc(-c6ccc7nc(-c8ccccn8)ccc7c6)ccc5n4)c4ccc(-c5ccccc5)nc4c3n2)cc1.c1ccc(-c2ccc3cc(-c4ccc5nc(-c6cccc(-c7ccc8ccc9cccnc9c8n7)c6)ccc5c4)ccc3n2)nc1. The highest BCUT2D eigenvalue weighted by Crippen LogP contribution is 2.38. The second-order valence-corrected chi connectivity index (χ2v) is 24.4. The maximum absolute atomic E-state index is 5.25. The lowest BCUT2D eigenvalue weighted by atomic mass is 9.98. The van der Waals surface area contributed by atoms with Gasteiger partial charge in [0.05, 0.1) is 95.4 Å². The molecular weight excluding hydrogens is 1200 g/mol. The van der Waals surface area contributed by atoms with Crippen molar-refractivity contribution in [2.24, 2.45) is 0 Å². The number of pyridine rings is 10. The first-order valence-electron chi connectivity index (χ1n) is 32.6. The monoisotopic (exact) mass is 1250 g/mol. The number of hydrogen-bond donors (Lipinski definition) is 0. The van der Waals surface area contributed by atoms with Gasteiger partial charge in [-0.1, -0.05) is 170 Å². The molecule has 0 N–H and O–H groups in total. The first-order valence-corrected chi connectivity index (χ1v) is 32.6. The van der Waals surface area contributed by atoms with E-state index in [0.717, 1.165) is 189 Å². The molecule has 0 saturated heterocycles. The van der Waals surface area contributed by atoms with Crippen LogP contribution in [0.25, 0.3) is 189 Å². The van der Waals surface area contributed by atoms with Crippen molar-refractivity contribution in [2.75, 3.05) is 0 Å². The molecule has 0 atom stereocenters. The molecule has 0 spiro atoms. The van der Waals surface area contributed by atoms with Gasteiger partial charge in [-0.3, -0.25) is 15.0 Å². The number of fused-ring (bicyclic) bond motifs is 10. The third-order valence-electron chi connectivity index (χ3n) is 18.2. The summed E-state index contributed by atoms with van der Waals surface area (Å²) in [6, 6.07) is 107. The predicted molar refractivity (Wildman–Crippen MR) is 400 cm³/mol. The zero-order chi connectivity index (χ0) is 64.9. The van der Waals surface area contributed by atoms with Gasteiger partial charge in [0.15, 0.2) is 0 Å². The van der Waals surface area contributed by atoms with Crippen molar-refractivity contribution in [1.82, 2.24) is 49.8 Å². The molecule has 19 rings (SSSR count). The molecule has 10 nitrogen and oxygen atoms in total. The Hall–Kier alpha value is -13.4. The van der Waals surface area contributed by atoms with E-state index in [9.17, 15) is 0 Å². The van der Waals surface area contributed by atoms with Crippen LogP contribution in [0.1, 0.15) is 0 Å². The van der Waals surface area contributed by atoms with Gasteiger partial charge >= 0.3 is 0 Å². The number of benzene rings is 9. The van der Waals surface area contributed by atoms with Gasteiger partial charge in [-0.15, -0.1) is 0 Å². The molecule has 0 fully saturated rings. The summed E-state index contributed by atoms with van der Waals surface area (Å²) in [5.74, 6) is 0. The molecule has 456 valence electrons. The van der Waals surface area contributed by atoms with Gasteiger partial charge in [-0.2, -0.15) is 0 Å². The highest BCUT2D eigenvalue weighted by Gasteiger charge is 2.17. The van der Waals surface area contributed by atoms with Crippen LogP contribution >= 0.6 is 0 Å². The minimum absolute atomic E-state index is 0.863. The first kappa shape index (κ1) is 57.2. The molecule has 9 aromatic carbocycles. The normalized spacial score (nSPS) is 11.5. The number of hydrogen-bond acceptors (Lipinski definition) is 10. The Morgan fingerprint density at radius 1 is 0.163 bits per heavy atom. The summed E-state index contributed by atoms with van der Waals surface area (Å²) in [5.41, 5.74) is 25.2. The minimum atomic E-state index is 0.863. The zero-order valence-corrected chi connectivity index (χ0v) is 52.6. The Labute approximate surface area is 563 Å². The third-order valence-corrected chi connectivity index (χ3v) is 18.2. The van der Waals surface area contributed by atoms with Crippen LogP contribution in [0.15, 0.2) is 328 Å². The Morgan fingerprint density at radius 2 is 0.541 bits per heavy atom. The first-order chi connectivity index (χ1) is 48.5. The fraction of sp³-hybridized carbons (Fsp3) is 0. The molecule has 0 amide bonds. The Kier molecular flexibility index (Phi) is 14.3. The van der Waals surface area contributed by atoms with Gasteiger partial charge in [0.1, 0.15) is 0 Å². The van der Waals surface area contributed by atoms with Crippen molar-refractivity contribution < 1.29 is 0 Å². The van der Waals surface area contributed by atoms with Crippen LogP contribution < -0.4 is 0 Å². The lowest BCUT2D eigenvalue weighted by Crippen LogP contribution is -1.94. The second kappa shape index (κ2) is 24.5. The standard InChI is InChI=1S/C47H29N5.C41H25N5/c1-3-9-30(10-4-1)39-22-18-36-29-38(37-19-25-40(31-11-5-2-6-12-31)52-47(37)46(36)51-39)43-23-16-34-27-32(14-20-41(34)49-43)33-15-21-42-35(28-33)17-24-45(50-42)44-13-7-8-26-48-44;1-2-21-42-38(8-1)39-20-15-33-24-29(13-18-36(33)45-39)28-12-17-35-32(23-28)14-19-34(44-35)30-5-3-6-31(25-30)37-16-11-27-10-9-26-7-4-22-43-40(26)41(27)46-37/h1-29H;1-25H. The van der Waals surface area contributed by atoms with Crippen molar-refractivity contribution >= 4 is 87.2 Å². The van der Waals surface area contributed by atoms with Crippen LogP contribution in [0.4, 0.5) is 0 Å². The summed E-state index contributed by atoms with van der Waals surface area (Å²) >= 11 is 0. The molecule has 10 heterocycles. The van der Waals surface area contributed by atoms with E-state index < -0.39 is 0 Å². The largest absolute Gasteiger partial charge is 0.255 e. The summed E-state index contributed by atoms with van der Waals surface area (Å²) < 4.78 is 0. The Bertz CT molecular complexity index is 6310. The van der Waals surface area contributed by atoms with Gasteiger partial charge in [0.25, 0.3) is 0 Å². The lowest BCUT2D eigenvalue weighted by molar-refractivity contribution is 1.28. The van der Waals surface area contributed by atoms with E-state index >= 15 is 0 Å². The highest BCUT2D eigenvalue weighted by atomic mass is 14.8. The molecule has 0 aliphatic heterocycles. The van der Waals surface area contributed by atoms with Gasteiger partial charge in [0.2, 0.25) is 0 Å². The average molecular weight is 1250 g/mol. The van der Waals surface area contributed by atoms with Gasteiger partial charge in [0, 0.05) is 89.5 Å². The van der Waals surface area contributed by atoms with E-state index in [0.29, 0.717) is 0 Å². The summed E-state index contributed by atoms with van der Waals surface area (Å²) in [6.45, 7) is 0. The van der Waals surface area contributed by atoms with Crippen LogP contribution in [-0.4, -0.2) is 49.8 Å². The van der Waals surface area contributed by atoms with Crippen LogP contribution in [0, 0.1) is 0 Å². The molecule has 19 aromatic rings. The fourth-order valence-corrected chi connectivity index (χ4v) is 13.2. The second-order valence-electron chi connectivity index (χ2n) is 24.4. The van der Waals surface area contributed by atoms with Gasteiger partial charge in [-0.05, 0) is 162 Å². The topological polar surface area (TPSA) is 129 Å². The molecule has 0 bridgehead atoms. The van der Waals surface area contributed by atoms with E-state index in [4.69, 9.17) is 34.9 Å². The molecule has 0 radical (unpaired) electrons. The van der Waals surface area contributed by atoms with E-state index in [1.807, 2.05) is 97.2 Å². The quantitative estimate of drug-likeness (QED) is 0.129. The van der Waals surface area contributed by atoms with Crippen molar-refractivity contribution in [1.29, 1.82) is 0 Å². The maximum Gasteiger partial charge on any atom is 0.0979 e. The molecule has 10 heteroatoms. The molecule has 98 heavy (non-hydrogen) atoms. The Balaban J connectivity index is 0.000000143. The van der Waals surface area contributed by atoms with Crippen LogP contribution in [0.2, 0.25) is 0 Å². The molecule has 0 aliphatic carbocycles. The summed E-state index contributed by atoms with van der Waals surface area (Å²) in [4.78, 5) is 48.9. The molecule has 0 unspecified atom stereocenters. The van der Waals surface area contributed by atoms with E-state index in [2.05, 4.69) is 233 Å². The lowest BCUT2D eigenvalue weighted by Gasteiger charge is -2.13. The number of aromatic nitrogens is 10. The van der Waals surface area contributed by atoms with Crippen molar-refractivity contribution in [3.63, 3.8) is 0 Å². The fourth-order valence-electron chi connectivity index (χ4n) is 13.2.